The van der Waals surface area contributed by atoms with Crippen molar-refractivity contribution in [1.82, 2.24) is 10.1 Å². The van der Waals surface area contributed by atoms with Gasteiger partial charge in [-0.2, -0.15) is 0 Å². The minimum absolute atomic E-state index is 0.703. The number of rotatable bonds is 3. The molecule has 0 atom stereocenters. The molecule has 0 saturated heterocycles. The van der Waals surface area contributed by atoms with Gasteiger partial charge in [0.25, 0.3) is 0 Å². The number of nitrogens with zero attached hydrogens (tertiary/aromatic N) is 2. The number of anilines is 1. The zero-order valence-corrected chi connectivity index (χ0v) is 8.20. The van der Waals surface area contributed by atoms with Gasteiger partial charge in [0.05, 0.1) is 11.9 Å². The average molecular weight is 207 g/mol. The van der Waals surface area contributed by atoms with Crippen LogP contribution in [-0.2, 0) is 5.75 Å². The molecule has 72 valence electrons. The molecule has 0 spiro atoms. The molecule has 0 radical (unpaired) electrons. The van der Waals surface area contributed by atoms with E-state index in [0.29, 0.717) is 5.69 Å². The fraction of sp³-hybridized carbons (Fsp3) is 0.111. The Balaban J connectivity index is 2.02. The normalized spacial score (nSPS) is 10.3. The maximum absolute atomic E-state index is 5.74. The minimum atomic E-state index is 0.703. The molecule has 0 bridgehead atoms. The summed E-state index contributed by atoms with van der Waals surface area (Å²) in [5.41, 5.74) is 7.47. The van der Waals surface area contributed by atoms with Crippen LogP contribution in [0.2, 0.25) is 0 Å². The van der Waals surface area contributed by atoms with Crippen molar-refractivity contribution < 1.29 is 4.52 Å². The molecule has 0 amide bonds. The van der Waals surface area contributed by atoms with E-state index >= 15 is 0 Å². The Morgan fingerprint density at radius 2 is 2.43 bits per heavy atom. The van der Waals surface area contributed by atoms with Crippen molar-refractivity contribution in [2.45, 2.75) is 10.8 Å². The first-order valence-corrected chi connectivity index (χ1v) is 5.06. The molecule has 5 heteroatoms. The zero-order valence-electron chi connectivity index (χ0n) is 7.38. The third kappa shape index (κ3) is 2.05. The Hall–Kier alpha value is -1.49. The van der Waals surface area contributed by atoms with Crippen LogP contribution in [0.4, 0.5) is 5.69 Å². The van der Waals surface area contributed by atoms with Gasteiger partial charge >= 0.3 is 0 Å². The lowest BCUT2D eigenvalue weighted by molar-refractivity contribution is 0.419. The first-order chi connectivity index (χ1) is 6.86. The number of pyridine rings is 1. The van der Waals surface area contributed by atoms with Crippen LogP contribution >= 0.6 is 11.8 Å². The van der Waals surface area contributed by atoms with E-state index in [0.717, 1.165) is 16.3 Å². The van der Waals surface area contributed by atoms with E-state index in [2.05, 4.69) is 10.1 Å². The molecule has 2 aromatic rings. The summed E-state index contributed by atoms with van der Waals surface area (Å²) in [6.45, 7) is 0. The summed E-state index contributed by atoms with van der Waals surface area (Å²) in [6, 6.07) is 3.65. The second kappa shape index (κ2) is 4.15. The second-order valence-electron chi connectivity index (χ2n) is 2.72. The van der Waals surface area contributed by atoms with Crippen LogP contribution in [0.3, 0.4) is 0 Å². The highest BCUT2D eigenvalue weighted by Crippen LogP contribution is 2.24. The van der Waals surface area contributed by atoms with E-state index in [1.54, 1.807) is 30.4 Å². The molecule has 0 aromatic carbocycles. The number of nitrogens with two attached hydrogens (primary N) is 1. The van der Waals surface area contributed by atoms with Gasteiger partial charge in [-0.15, -0.1) is 0 Å². The third-order valence-corrected chi connectivity index (χ3v) is 2.75. The van der Waals surface area contributed by atoms with Gasteiger partial charge in [-0.1, -0.05) is 16.9 Å². The molecule has 0 aliphatic rings. The lowest BCUT2D eigenvalue weighted by Crippen LogP contribution is -1.90. The maximum Gasteiger partial charge on any atom is 0.127 e. The number of hydrogen-bond acceptors (Lipinski definition) is 5. The molecule has 4 nitrogen and oxygen atoms in total. The summed E-state index contributed by atoms with van der Waals surface area (Å²) in [5, 5.41) is 4.46. The van der Waals surface area contributed by atoms with Gasteiger partial charge in [0, 0.05) is 17.5 Å². The van der Waals surface area contributed by atoms with Gasteiger partial charge in [0.1, 0.15) is 11.3 Å². The van der Waals surface area contributed by atoms with Crippen LogP contribution in [0.15, 0.2) is 40.3 Å². The number of aromatic nitrogens is 2. The summed E-state index contributed by atoms with van der Waals surface area (Å²) in [7, 11) is 0. The summed E-state index contributed by atoms with van der Waals surface area (Å²) in [4.78, 5) is 4.16. The van der Waals surface area contributed by atoms with E-state index in [4.69, 9.17) is 10.3 Å². The van der Waals surface area contributed by atoms with E-state index in [9.17, 15) is 0 Å². The number of hydrogen-bond donors (Lipinski definition) is 1. The van der Waals surface area contributed by atoms with Crippen molar-refractivity contribution >= 4 is 17.4 Å². The van der Waals surface area contributed by atoms with Crippen molar-refractivity contribution in [2.24, 2.45) is 0 Å². The zero-order chi connectivity index (χ0) is 9.80. The van der Waals surface area contributed by atoms with Crippen LogP contribution in [0.5, 0.6) is 0 Å². The Labute approximate surface area is 85.5 Å². The van der Waals surface area contributed by atoms with Gasteiger partial charge in [0.2, 0.25) is 0 Å². The molecule has 0 saturated carbocycles. The van der Waals surface area contributed by atoms with Crippen LogP contribution in [0.25, 0.3) is 0 Å². The van der Waals surface area contributed by atoms with Crippen molar-refractivity contribution in [1.29, 1.82) is 0 Å². The van der Waals surface area contributed by atoms with Crippen LogP contribution < -0.4 is 5.73 Å². The molecule has 0 fully saturated rings. The Morgan fingerprint density at radius 3 is 3.14 bits per heavy atom. The van der Waals surface area contributed by atoms with E-state index in [1.165, 1.54) is 0 Å². The molecular formula is C9H9N3OS. The molecule has 2 rings (SSSR count). The lowest BCUT2D eigenvalue weighted by Gasteiger charge is -2.01. The van der Waals surface area contributed by atoms with E-state index in [1.807, 2.05) is 12.1 Å². The smallest absolute Gasteiger partial charge is 0.127 e. The quantitative estimate of drug-likeness (QED) is 0.779. The third-order valence-electron chi connectivity index (χ3n) is 1.66. The van der Waals surface area contributed by atoms with E-state index in [-0.39, 0.29) is 0 Å². The van der Waals surface area contributed by atoms with Gasteiger partial charge in [-0.3, -0.25) is 0 Å². The maximum atomic E-state index is 5.74. The van der Waals surface area contributed by atoms with Crippen molar-refractivity contribution in [3.05, 3.63) is 36.4 Å². The number of nitrogen functional groups attached to an aromatic ring is 1. The number of thioether (sulfide) groups is 1. The largest absolute Gasteiger partial charge is 0.397 e. The monoisotopic (exact) mass is 207 g/mol. The van der Waals surface area contributed by atoms with E-state index < -0.39 is 0 Å². The lowest BCUT2D eigenvalue weighted by atomic mass is 10.4. The SMILES string of the molecule is Nc1cccnc1SCc1cnoc1. The standard InChI is InChI=1S/C9H9N3OS/c10-8-2-1-3-11-9(8)14-6-7-4-12-13-5-7/h1-5H,6,10H2. The Morgan fingerprint density at radius 1 is 1.50 bits per heavy atom. The van der Waals surface area contributed by atoms with Gasteiger partial charge in [-0.05, 0) is 12.1 Å². The van der Waals surface area contributed by atoms with Crippen LogP contribution in [0.1, 0.15) is 5.56 Å². The van der Waals surface area contributed by atoms with Gasteiger partial charge < -0.3 is 10.3 Å². The summed E-state index contributed by atoms with van der Waals surface area (Å²) in [6.07, 6.45) is 5.03. The highest BCUT2D eigenvalue weighted by Gasteiger charge is 2.02. The first kappa shape index (κ1) is 9.08. The molecule has 0 unspecified atom stereocenters. The van der Waals surface area contributed by atoms with Crippen LogP contribution in [-0.4, -0.2) is 10.1 Å². The first-order valence-electron chi connectivity index (χ1n) is 4.08. The summed E-state index contributed by atoms with van der Waals surface area (Å²) < 4.78 is 4.72. The highest BCUT2D eigenvalue weighted by atomic mass is 32.2. The Bertz CT molecular complexity index is 402. The van der Waals surface area contributed by atoms with Crippen LogP contribution in [0, 0.1) is 0 Å². The molecule has 2 N–H and O–H groups in total. The molecule has 14 heavy (non-hydrogen) atoms. The Kier molecular flexibility index (Phi) is 2.69. The molecule has 0 aliphatic heterocycles. The topological polar surface area (TPSA) is 64.9 Å². The summed E-state index contributed by atoms with van der Waals surface area (Å²) in [5.74, 6) is 0.769. The molecule has 0 aliphatic carbocycles. The highest BCUT2D eigenvalue weighted by molar-refractivity contribution is 7.98. The minimum Gasteiger partial charge on any atom is -0.397 e. The van der Waals surface area contributed by atoms with Crippen molar-refractivity contribution in [2.75, 3.05) is 5.73 Å². The fourth-order valence-electron chi connectivity index (χ4n) is 0.974. The molecule has 2 heterocycles. The predicted molar refractivity (Wildman–Crippen MR) is 54.7 cm³/mol. The van der Waals surface area contributed by atoms with Gasteiger partial charge in [0.15, 0.2) is 0 Å². The fourth-order valence-corrected chi connectivity index (χ4v) is 1.79. The van der Waals surface area contributed by atoms with Crippen molar-refractivity contribution in [3.63, 3.8) is 0 Å². The molecule has 2 aromatic heterocycles. The summed E-state index contributed by atoms with van der Waals surface area (Å²) >= 11 is 1.57. The molecular weight excluding hydrogens is 198 g/mol. The average Bonchev–Trinajstić information content (AvgIpc) is 2.69. The second-order valence-corrected chi connectivity index (χ2v) is 3.68. The van der Waals surface area contributed by atoms with Gasteiger partial charge in [-0.25, -0.2) is 4.98 Å². The van der Waals surface area contributed by atoms with Crippen molar-refractivity contribution in [3.8, 4) is 0 Å². The predicted octanol–water partition coefficient (Wildman–Crippen LogP) is 1.94.